The van der Waals surface area contributed by atoms with E-state index < -0.39 is 0 Å². The summed E-state index contributed by atoms with van der Waals surface area (Å²) >= 11 is 0. The van der Waals surface area contributed by atoms with Gasteiger partial charge in [-0.3, -0.25) is 9.69 Å². The lowest BCUT2D eigenvalue weighted by molar-refractivity contribution is 0.101. The molecule has 27 heavy (non-hydrogen) atoms. The lowest BCUT2D eigenvalue weighted by atomic mass is 10.1. The fourth-order valence-electron chi connectivity index (χ4n) is 3.34. The maximum absolute atomic E-state index is 11.5. The molecule has 0 aromatic heterocycles. The summed E-state index contributed by atoms with van der Waals surface area (Å²) in [6.07, 6.45) is 0.961. The standard InChI is InChI=1S/C22H28N2O3/c1-18(25)19-9-10-21(22(17-19)26-2)27-16-6-11-23-12-14-24(15-13-23)20-7-4-3-5-8-20/h3-5,7-10,17H,6,11-16H2,1-2H3. The van der Waals surface area contributed by atoms with Crippen LogP contribution in [0.1, 0.15) is 23.7 Å². The van der Waals surface area contributed by atoms with E-state index in [9.17, 15) is 4.79 Å². The highest BCUT2D eigenvalue weighted by molar-refractivity contribution is 5.94. The van der Waals surface area contributed by atoms with E-state index in [0.717, 1.165) is 39.1 Å². The summed E-state index contributed by atoms with van der Waals surface area (Å²) < 4.78 is 11.2. The van der Waals surface area contributed by atoms with Crippen LogP contribution in [0.3, 0.4) is 0 Å². The Labute approximate surface area is 161 Å². The molecular weight excluding hydrogens is 340 g/mol. The Morgan fingerprint density at radius 3 is 2.41 bits per heavy atom. The van der Waals surface area contributed by atoms with Gasteiger partial charge >= 0.3 is 0 Å². The van der Waals surface area contributed by atoms with Gasteiger partial charge < -0.3 is 14.4 Å². The lowest BCUT2D eigenvalue weighted by Crippen LogP contribution is -2.46. The normalized spacial score (nSPS) is 14.8. The molecule has 1 aliphatic rings. The molecule has 1 aliphatic heterocycles. The van der Waals surface area contributed by atoms with E-state index in [1.54, 1.807) is 26.2 Å². The molecule has 0 radical (unpaired) electrons. The third-order valence-corrected chi connectivity index (χ3v) is 4.94. The fraction of sp³-hybridized carbons (Fsp3) is 0.409. The maximum Gasteiger partial charge on any atom is 0.161 e. The number of ketones is 1. The average Bonchev–Trinajstić information content (AvgIpc) is 2.72. The SMILES string of the molecule is COc1cc(C(C)=O)ccc1OCCCN1CCN(c2ccccc2)CC1. The van der Waals surface area contributed by atoms with Crippen molar-refractivity contribution in [1.82, 2.24) is 4.90 Å². The largest absolute Gasteiger partial charge is 0.493 e. The van der Waals surface area contributed by atoms with Crippen molar-refractivity contribution in [1.29, 1.82) is 0 Å². The fourth-order valence-corrected chi connectivity index (χ4v) is 3.34. The Hall–Kier alpha value is -2.53. The Balaban J connectivity index is 1.40. The molecule has 5 heteroatoms. The Bertz CT molecular complexity index is 740. The van der Waals surface area contributed by atoms with Gasteiger partial charge in [0.15, 0.2) is 17.3 Å². The van der Waals surface area contributed by atoms with Gasteiger partial charge in [0, 0.05) is 44.0 Å². The molecule has 1 saturated heterocycles. The van der Waals surface area contributed by atoms with Crippen molar-refractivity contribution in [2.24, 2.45) is 0 Å². The number of rotatable bonds is 8. The first kappa shape index (κ1) is 19.2. The van der Waals surface area contributed by atoms with Crippen molar-refractivity contribution in [3.05, 3.63) is 54.1 Å². The van der Waals surface area contributed by atoms with Gasteiger partial charge in [-0.25, -0.2) is 0 Å². The number of hydrogen-bond donors (Lipinski definition) is 0. The predicted octanol–water partition coefficient (Wildman–Crippen LogP) is 3.49. The first-order valence-corrected chi connectivity index (χ1v) is 9.51. The summed E-state index contributed by atoms with van der Waals surface area (Å²) in [5.41, 5.74) is 1.94. The van der Waals surface area contributed by atoms with E-state index in [2.05, 4.69) is 40.1 Å². The Morgan fingerprint density at radius 2 is 1.74 bits per heavy atom. The van der Waals surface area contributed by atoms with E-state index in [1.807, 2.05) is 6.07 Å². The van der Waals surface area contributed by atoms with Crippen LogP contribution in [0.25, 0.3) is 0 Å². The number of hydrogen-bond acceptors (Lipinski definition) is 5. The van der Waals surface area contributed by atoms with Gasteiger partial charge in [-0.15, -0.1) is 0 Å². The van der Waals surface area contributed by atoms with Gasteiger partial charge in [0.1, 0.15) is 0 Å². The number of carbonyl (C=O) groups is 1. The molecular formula is C22H28N2O3. The van der Waals surface area contributed by atoms with Crippen molar-refractivity contribution >= 4 is 11.5 Å². The van der Waals surface area contributed by atoms with Crippen LogP contribution in [0.5, 0.6) is 11.5 Å². The van der Waals surface area contributed by atoms with Crippen molar-refractivity contribution in [3.63, 3.8) is 0 Å². The number of anilines is 1. The summed E-state index contributed by atoms with van der Waals surface area (Å²) in [6, 6.07) is 15.9. The van der Waals surface area contributed by atoms with Crippen LogP contribution >= 0.6 is 0 Å². The number of para-hydroxylation sites is 1. The molecule has 2 aromatic rings. The molecule has 0 N–H and O–H groups in total. The van der Waals surface area contributed by atoms with Crippen LogP contribution in [-0.2, 0) is 0 Å². The molecule has 0 bridgehead atoms. The molecule has 144 valence electrons. The van der Waals surface area contributed by atoms with Crippen molar-refractivity contribution in [2.75, 3.05) is 51.3 Å². The van der Waals surface area contributed by atoms with Crippen molar-refractivity contribution in [3.8, 4) is 11.5 Å². The zero-order valence-electron chi connectivity index (χ0n) is 16.2. The highest BCUT2D eigenvalue weighted by Crippen LogP contribution is 2.28. The van der Waals surface area contributed by atoms with Gasteiger partial charge in [-0.2, -0.15) is 0 Å². The summed E-state index contributed by atoms with van der Waals surface area (Å²) in [7, 11) is 1.60. The summed E-state index contributed by atoms with van der Waals surface area (Å²) in [6.45, 7) is 7.48. The number of piperazine rings is 1. The third-order valence-electron chi connectivity index (χ3n) is 4.94. The Kier molecular flexibility index (Phi) is 6.71. The van der Waals surface area contributed by atoms with E-state index in [-0.39, 0.29) is 5.78 Å². The van der Waals surface area contributed by atoms with Gasteiger partial charge in [0.05, 0.1) is 13.7 Å². The first-order chi connectivity index (χ1) is 13.2. The maximum atomic E-state index is 11.5. The number of nitrogens with zero attached hydrogens (tertiary/aromatic N) is 2. The van der Waals surface area contributed by atoms with Crippen LogP contribution in [0.2, 0.25) is 0 Å². The molecule has 0 amide bonds. The van der Waals surface area contributed by atoms with E-state index in [1.165, 1.54) is 5.69 Å². The molecule has 5 nitrogen and oxygen atoms in total. The van der Waals surface area contributed by atoms with Gasteiger partial charge in [0.2, 0.25) is 0 Å². The second-order valence-corrected chi connectivity index (χ2v) is 6.79. The molecule has 3 rings (SSSR count). The zero-order valence-corrected chi connectivity index (χ0v) is 16.2. The van der Waals surface area contributed by atoms with Crippen LogP contribution in [0, 0.1) is 0 Å². The smallest absolute Gasteiger partial charge is 0.161 e. The molecule has 0 atom stereocenters. The van der Waals surface area contributed by atoms with E-state index in [0.29, 0.717) is 23.7 Å². The number of Topliss-reactive ketones (excluding diaryl/α,β-unsaturated/α-hetero) is 1. The van der Waals surface area contributed by atoms with E-state index >= 15 is 0 Å². The topological polar surface area (TPSA) is 42.0 Å². The minimum Gasteiger partial charge on any atom is -0.493 e. The number of methoxy groups -OCH3 is 1. The second-order valence-electron chi connectivity index (χ2n) is 6.79. The minimum atomic E-state index is 0.0227. The molecule has 1 heterocycles. The molecule has 0 spiro atoms. The first-order valence-electron chi connectivity index (χ1n) is 9.51. The minimum absolute atomic E-state index is 0.0227. The average molecular weight is 368 g/mol. The second kappa shape index (κ2) is 9.42. The third kappa shape index (κ3) is 5.23. The van der Waals surface area contributed by atoms with Crippen LogP contribution in [0.15, 0.2) is 48.5 Å². The monoisotopic (exact) mass is 368 g/mol. The number of carbonyl (C=O) groups excluding carboxylic acids is 1. The molecule has 1 fully saturated rings. The molecule has 0 aliphatic carbocycles. The molecule has 2 aromatic carbocycles. The van der Waals surface area contributed by atoms with E-state index in [4.69, 9.17) is 9.47 Å². The van der Waals surface area contributed by atoms with Gasteiger partial charge in [-0.1, -0.05) is 18.2 Å². The summed E-state index contributed by atoms with van der Waals surface area (Å²) in [5, 5.41) is 0. The van der Waals surface area contributed by atoms with Gasteiger partial charge in [-0.05, 0) is 43.7 Å². The van der Waals surface area contributed by atoms with Crippen LogP contribution in [0.4, 0.5) is 5.69 Å². The molecule has 0 unspecified atom stereocenters. The predicted molar refractivity (Wildman–Crippen MR) is 108 cm³/mol. The molecule has 0 saturated carbocycles. The summed E-state index contributed by atoms with van der Waals surface area (Å²) in [5.74, 6) is 1.32. The Morgan fingerprint density at radius 1 is 1.00 bits per heavy atom. The van der Waals surface area contributed by atoms with Crippen molar-refractivity contribution in [2.45, 2.75) is 13.3 Å². The van der Waals surface area contributed by atoms with Crippen molar-refractivity contribution < 1.29 is 14.3 Å². The van der Waals surface area contributed by atoms with Gasteiger partial charge in [0.25, 0.3) is 0 Å². The zero-order chi connectivity index (χ0) is 19.1. The summed E-state index contributed by atoms with van der Waals surface area (Å²) in [4.78, 5) is 16.4. The number of ether oxygens (including phenoxy) is 2. The van der Waals surface area contributed by atoms with Crippen LogP contribution < -0.4 is 14.4 Å². The highest BCUT2D eigenvalue weighted by atomic mass is 16.5. The highest BCUT2D eigenvalue weighted by Gasteiger charge is 2.16. The lowest BCUT2D eigenvalue weighted by Gasteiger charge is -2.36. The van der Waals surface area contributed by atoms with Crippen LogP contribution in [-0.4, -0.2) is 57.1 Å². The number of benzene rings is 2. The quantitative estimate of drug-likeness (QED) is 0.527.